The van der Waals surface area contributed by atoms with Crippen molar-refractivity contribution in [2.45, 2.75) is 40.2 Å². The van der Waals surface area contributed by atoms with Gasteiger partial charge >= 0.3 is 0 Å². The van der Waals surface area contributed by atoms with E-state index < -0.39 is 0 Å². The summed E-state index contributed by atoms with van der Waals surface area (Å²) >= 11 is 0. The molecule has 28 heavy (non-hydrogen) atoms. The van der Waals surface area contributed by atoms with Crippen molar-refractivity contribution in [3.8, 4) is 5.82 Å². The minimum Gasteiger partial charge on any atom is -0.448 e. The van der Waals surface area contributed by atoms with Crippen molar-refractivity contribution in [2.75, 3.05) is 31.1 Å². The first-order chi connectivity index (χ1) is 13.5. The van der Waals surface area contributed by atoms with Crippen LogP contribution in [-0.2, 0) is 6.54 Å². The predicted octanol–water partition coefficient (Wildman–Crippen LogP) is 2.71. The first-order valence-electron chi connectivity index (χ1n) is 9.76. The highest BCUT2D eigenvalue weighted by atomic mass is 16.3. The highest BCUT2D eigenvalue weighted by Gasteiger charge is 2.22. The highest BCUT2D eigenvalue weighted by Crippen LogP contribution is 2.21. The van der Waals surface area contributed by atoms with Gasteiger partial charge in [-0.1, -0.05) is 13.8 Å². The van der Waals surface area contributed by atoms with E-state index in [1.54, 1.807) is 12.7 Å². The Morgan fingerprint density at radius 2 is 1.75 bits per heavy atom. The van der Waals surface area contributed by atoms with Crippen LogP contribution in [0.5, 0.6) is 0 Å². The van der Waals surface area contributed by atoms with Gasteiger partial charge < -0.3 is 9.32 Å². The van der Waals surface area contributed by atoms with Crippen molar-refractivity contribution in [1.29, 1.82) is 0 Å². The van der Waals surface area contributed by atoms with E-state index in [0.29, 0.717) is 5.92 Å². The third kappa shape index (κ3) is 3.77. The fourth-order valence-electron chi connectivity index (χ4n) is 3.70. The van der Waals surface area contributed by atoms with Crippen LogP contribution in [0.3, 0.4) is 0 Å². The maximum absolute atomic E-state index is 5.55. The lowest BCUT2D eigenvalue weighted by molar-refractivity contribution is 0.245. The number of hydrogen-bond acceptors (Lipinski definition) is 7. The lowest BCUT2D eigenvalue weighted by Gasteiger charge is -2.35. The summed E-state index contributed by atoms with van der Waals surface area (Å²) in [6.45, 7) is 12.9. The van der Waals surface area contributed by atoms with Crippen LogP contribution < -0.4 is 4.90 Å². The molecule has 0 bridgehead atoms. The van der Waals surface area contributed by atoms with Gasteiger partial charge in [0.25, 0.3) is 0 Å². The molecule has 0 unspecified atom stereocenters. The minimum absolute atomic E-state index is 0.354. The third-order valence-corrected chi connectivity index (χ3v) is 5.13. The van der Waals surface area contributed by atoms with Crippen LogP contribution in [-0.4, -0.2) is 55.8 Å². The van der Waals surface area contributed by atoms with Gasteiger partial charge in [0, 0.05) is 50.4 Å². The number of aryl methyl sites for hydroxylation is 2. The molecule has 0 saturated carbocycles. The first kappa shape index (κ1) is 18.6. The Labute approximate surface area is 165 Å². The molecule has 1 aliphatic rings. The Balaban J connectivity index is 1.42. The number of rotatable bonds is 5. The average molecular weight is 381 g/mol. The smallest absolute Gasteiger partial charge is 0.181 e. The van der Waals surface area contributed by atoms with Gasteiger partial charge in [0.2, 0.25) is 0 Å². The van der Waals surface area contributed by atoms with Gasteiger partial charge in [0.05, 0.1) is 11.4 Å². The standard InChI is InChI=1S/C20H27N7O/c1-14(2)20-17(23-13-28-20)11-25-5-7-26(8-6-25)18-10-19(22-12-21-18)27-16(4)9-15(3)24-27/h9-10,12-14H,5-8,11H2,1-4H3. The third-order valence-electron chi connectivity index (χ3n) is 5.13. The second kappa shape index (κ2) is 7.71. The van der Waals surface area contributed by atoms with Crippen molar-refractivity contribution in [3.63, 3.8) is 0 Å². The first-order valence-corrected chi connectivity index (χ1v) is 9.76. The average Bonchev–Trinajstić information content (AvgIpc) is 3.28. The van der Waals surface area contributed by atoms with Crippen molar-refractivity contribution >= 4 is 5.82 Å². The second-order valence-corrected chi connectivity index (χ2v) is 7.65. The molecule has 4 rings (SSSR count). The van der Waals surface area contributed by atoms with E-state index in [1.807, 2.05) is 24.6 Å². The lowest BCUT2D eigenvalue weighted by Crippen LogP contribution is -2.46. The molecule has 3 aromatic heterocycles. The molecular formula is C20H27N7O. The molecule has 0 spiro atoms. The second-order valence-electron chi connectivity index (χ2n) is 7.65. The van der Waals surface area contributed by atoms with Gasteiger partial charge in [0.1, 0.15) is 17.9 Å². The Morgan fingerprint density at radius 1 is 1.00 bits per heavy atom. The summed E-state index contributed by atoms with van der Waals surface area (Å²) in [5.41, 5.74) is 3.11. The number of oxazole rings is 1. The maximum Gasteiger partial charge on any atom is 0.181 e. The van der Waals surface area contributed by atoms with Crippen LogP contribution in [0.2, 0.25) is 0 Å². The van der Waals surface area contributed by atoms with E-state index in [1.165, 1.54) is 0 Å². The van der Waals surface area contributed by atoms with E-state index in [0.717, 1.165) is 67.2 Å². The summed E-state index contributed by atoms with van der Waals surface area (Å²) in [7, 11) is 0. The van der Waals surface area contributed by atoms with Gasteiger partial charge in [-0.3, -0.25) is 4.90 Å². The van der Waals surface area contributed by atoms with Crippen molar-refractivity contribution < 1.29 is 4.42 Å². The molecule has 148 valence electrons. The van der Waals surface area contributed by atoms with E-state index >= 15 is 0 Å². The summed E-state index contributed by atoms with van der Waals surface area (Å²) < 4.78 is 7.42. The number of piperazine rings is 1. The van der Waals surface area contributed by atoms with Crippen molar-refractivity contribution in [1.82, 2.24) is 29.6 Å². The largest absolute Gasteiger partial charge is 0.448 e. The molecule has 0 aliphatic carbocycles. The summed E-state index contributed by atoms with van der Waals surface area (Å²) in [6, 6.07) is 4.07. The molecule has 8 nitrogen and oxygen atoms in total. The molecular weight excluding hydrogens is 354 g/mol. The maximum atomic E-state index is 5.55. The molecule has 4 heterocycles. The molecule has 0 N–H and O–H groups in total. The highest BCUT2D eigenvalue weighted by molar-refractivity contribution is 5.44. The molecule has 1 fully saturated rings. The van der Waals surface area contributed by atoms with E-state index in [-0.39, 0.29) is 0 Å². The molecule has 0 amide bonds. The Kier molecular flexibility index (Phi) is 5.13. The Morgan fingerprint density at radius 3 is 2.43 bits per heavy atom. The van der Waals surface area contributed by atoms with E-state index in [9.17, 15) is 0 Å². The molecule has 0 radical (unpaired) electrons. The molecule has 1 saturated heterocycles. The van der Waals surface area contributed by atoms with E-state index in [2.05, 4.69) is 49.8 Å². The molecule has 8 heteroatoms. The normalized spacial score (nSPS) is 15.5. The fourth-order valence-corrected chi connectivity index (χ4v) is 3.70. The summed E-state index contributed by atoms with van der Waals surface area (Å²) in [4.78, 5) is 18.0. The zero-order valence-corrected chi connectivity index (χ0v) is 17.0. The van der Waals surface area contributed by atoms with Gasteiger partial charge in [-0.05, 0) is 19.9 Å². The van der Waals surface area contributed by atoms with Gasteiger partial charge in [-0.2, -0.15) is 5.10 Å². The van der Waals surface area contributed by atoms with Crippen molar-refractivity contribution in [2.24, 2.45) is 0 Å². The quantitative estimate of drug-likeness (QED) is 0.672. The van der Waals surface area contributed by atoms with Crippen LogP contribution in [0.1, 0.15) is 42.6 Å². The molecule has 0 atom stereocenters. The summed E-state index contributed by atoms with van der Waals surface area (Å²) in [6.07, 6.45) is 3.18. The number of aromatic nitrogens is 5. The molecule has 1 aliphatic heterocycles. The summed E-state index contributed by atoms with van der Waals surface area (Å²) in [5.74, 6) is 3.10. The number of nitrogens with zero attached hydrogens (tertiary/aromatic N) is 7. The topological polar surface area (TPSA) is 76.1 Å². The lowest BCUT2D eigenvalue weighted by atomic mass is 10.1. The fraction of sp³-hybridized carbons (Fsp3) is 0.500. The predicted molar refractivity (Wildman–Crippen MR) is 107 cm³/mol. The van der Waals surface area contributed by atoms with Gasteiger partial charge in [-0.25, -0.2) is 19.6 Å². The number of anilines is 1. The van der Waals surface area contributed by atoms with Crippen molar-refractivity contribution in [3.05, 3.63) is 47.7 Å². The van der Waals surface area contributed by atoms with Crippen LogP contribution in [0.25, 0.3) is 5.82 Å². The number of hydrogen-bond donors (Lipinski definition) is 0. The molecule has 0 aromatic carbocycles. The Bertz CT molecular complexity index is 938. The minimum atomic E-state index is 0.354. The van der Waals surface area contributed by atoms with E-state index in [4.69, 9.17) is 4.42 Å². The van der Waals surface area contributed by atoms with Crippen LogP contribution in [0.4, 0.5) is 5.82 Å². The van der Waals surface area contributed by atoms with Gasteiger partial charge in [-0.15, -0.1) is 0 Å². The monoisotopic (exact) mass is 381 g/mol. The zero-order valence-electron chi connectivity index (χ0n) is 17.0. The Hall–Kier alpha value is -2.74. The summed E-state index contributed by atoms with van der Waals surface area (Å²) in [5, 5.41) is 4.53. The van der Waals surface area contributed by atoms with Crippen LogP contribution in [0.15, 0.2) is 29.3 Å². The molecule has 3 aromatic rings. The van der Waals surface area contributed by atoms with Crippen LogP contribution in [0, 0.1) is 13.8 Å². The van der Waals surface area contributed by atoms with Gasteiger partial charge in [0.15, 0.2) is 12.2 Å². The van der Waals surface area contributed by atoms with Crippen LogP contribution >= 0.6 is 0 Å². The zero-order chi connectivity index (χ0) is 19.7. The SMILES string of the molecule is Cc1cc(C)n(-c2cc(N3CCN(Cc4ncoc4C(C)C)CC3)ncn2)n1.